The van der Waals surface area contributed by atoms with Gasteiger partial charge in [-0.15, -0.1) is 0 Å². The SMILES string of the molecule is CC(C)CCN1C[C@@H]2[C@@H](NC(=O)c3ccco3)CCS(=O)(=O)[C@H]2C1. The Balaban J connectivity index is 1.69. The number of furan rings is 1. The molecule has 1 aromatic heterocycles. The van der Waals surface area contributed by atoms with Crippen LogP contribution < -0.4 is 5.32 Å². The van der Waals surface area contributed by atoms with Crippen LogP contribution in [0.3, 0.4) is 0 Å². The molecule has 24 heavy (non-hydrogen) atoms. The Labute approximate surface area is 143 Å². The van der Waals surface area contributed by atoms with Gasteiger partial charge in [0.2, 0.25) is 0 Å². The van der Waals surface area contributed by atoms with Crippen LogP contribution in [0.2, 0.25) is 0 Å². The van der Waals surface area contributed by atoms with Gasteiger partial charge in [-0.1, -0.05) is 13.8 Å². The molecule has 2 saturated heterocycles. The molecule has 0 aliphatic carbocycles. The largest absolute Gasteiger partial charge is 0.459 e. The number of likely N-dealkylation sites (tertiary alicyclic amines) is 1. The molecular weight excluding hydrogens is 328 g/mol. The van der Waals surface area contributed by atoms with Crippen molar-refractivity contribution < 1.29 is 17.6 Å². The number of carbonyl (C=O) groups is 1. The van der Waals surface area contributed by atoms with E-state index in [0.717, 1.165) is 19.5 Å². The molecule has 2 aliphatic rings. The van der Waals surface area contributed by atoms with E-state index in [0.29, 0.717) is 18.9 Å². The lowest BCUT2D eigenvalue weighted by molar-refractivity contribution is 0.0891. The minimum absolute atomic E-state index is 0.0326. The molecule has 134 valence electrons. The second-order valence-corrected chi connectivity index (χ2v) is 9.70. The van der Waals surface area contributed by atoms with E-state index in [1.165, 1.54) is 6.26 Å². The van der Waals surface area contributed by atoms with E-state index in [2.05, 4.69) is 24.1 Å². The average Bonchev–Trinajstić information content (AvgIpc) is 3.17. The predicted molar refractivity (Wildman–Crippen MR) is 91.5 cm³/mol. The zero-order valence-electron chi connectivity index (χ0n) is 14.3. The quantitative estimate of drug-likeness (QED) is 0.868. The number of fused-ring (bicyclic) bond motifs is 1. The fraction of sp³-hybridized carbons (Fsp3) is 0.706. The lowest BCUT2D eigenvalue weighted by Crippen LogP contribution is -2.51. The lowest BCUT2D eigenvalue weighted by Gasteiger charge is -2.33. The van der Waals surface area contributed by atoms with Gasteiger partial charge in [0, 0.05) is 25.0 Å². The molecule has 1 amide bonds. The van der Waals surface area contributed by atoms with Crippen LogP contribution >= 0.6 is 0 Å². The topological polar surface area (TPSA) is 79.6 Å². The lowest BCUT2D eigenvalue weighted by atomic mass is 9.95. The maximum Gasteiger partial charge on any atom is 0.287 e. The Hall–Kier alpha value is -1.34. The van der Waals surface area contributed by atoms with Crippen molar-refractivity contribution in [3.63, 3.8) is 0 Å². The van der Waals surface area contributed by atoms with Gasteiger partial charge in [0.25, 0.3) is 5.91 Å². The Morgan fingerprint density at radius 2 is 2.21 bits per heavy atom. The van der Waals surface area contributed by atoms with Crippen LogP contribution in [0, 0.1) is 11.8 Å². The highest BCUT2D eigenvalue weighted by Gasteiger charge is 2.48. The summed E-state index contributed by atoms with van der Waals surface area (Å²) in [5.41, 5.74) is 0. The van der Waals surface area contributed by atoms with Gasteiger partial charge >= 0.3 is 0 Å². The summed E-state index contributed by atoms with van der Waals surface area (Å²) < 4.78 is 30.0. The van der Waals surface area contributed by atoms with Gasteiger partial charge in [0.15, 0.2) is 15.6 Å². The maximum absolute atomic E-state index is 12.4. The van der Waals surface area contributed by atoms with E-state index in [9.17, 15) is 13.2 Å². The smallest absolute Gasteiger partial charge is 0.287 e. The van der Waals surface area contributed by atoms with Gasteiger partial charge in [-0.05, 0) is 37.4 Å². The summed E-state index contributed by atoms with van der Waals surface area (Å²) in [6.07, 6.45) is 3.00. The third kappa shape index (κ3) is 3.67. The molecule has 0 radical (unpaired) electrons. The van der Waals surface area contributed by atoms with Crippen molar-refractivity contribution in [3.8, 4) is 0 Å². The number of hydrogen-bond acceptors (Lipinski definition) is 5. The molecule has 2 aliphatic heterocycles. The van der Waals surface area contributed by atoms with Crippen LogP contribution in [0.15, 0.2) is 22.8 Å². The Morgan fingerprint density at radius 1 is 1.42 bits per heavy atom. The molecule has 0 bridgehead atoms. The Kier molecular flexibility index (Phi) is 5.01. The second kappa shape index (κ2) is 6.88. The molecule has 7 heteroatoms. The number of rotatable bonds is 5. The standard InChI is InChI=1S/C17H26N2O4S/c1-12(2)5-7-19-10-13-14(6-9-24(21,22)16(13)11-19)18-17(20)15-4-3-8-23-15/h3-4,8,12-14,16H,5-7,9-11H2,1-2H3,(H,18,20)/t13-,14+,16+/m1/s1. The fourth-order valence-corrected chi connectivity index (χ4v) is 5.88. The van der Waals surface area contributed by atoms with Gasteiger partial charge in [-0.25, -0.2) is 8.42 Å². The van der Waals surface area contributed by atoms with Crippen molar-refractivity contribution in [1.29, 1.82) is 0 Å². The molecule has 0 spiro atoms. The zero-order valence-corrected chi connectivity index (χ0v) is 15.1. The second-order valence-electron chi connectivity index (χ2n) is 7.36. The molecule has 6 nitrogen and oxygen atoms in total. The summed E-state index contributed by atoms with van der Waals surface area (Å²) in [7, 11) is -3.07. The van der Waals surface area contributed by atoms with Crippen LogP contribution in [0.5, 0.6) is 0 Å². The van der Waals surface area contributed by atoms with E-state index in [1.54, 1.807) is 12.1 Å². The van der Waals surface area contributed by atoms with Crippen molar-refractivity contribution in [2.24, 2.45) is 11.8 Å². The summed E-state index contributed by atoms with van der Waals surface area (Å²) in [4.78, 5) is 14.5. The molecule has 3 heterocycles. The molecule has 0 aromatic carbocycles. The van der Waals surface area contributed by atoms with Crippen LogP contribution in [-0.2, 0) is 9.84 Å². The summed E-state index contributed by atoms with van der Waals surface area (Å²) in [5.74, 6) is 0.724. The number of carbonyl (C=O) groups excluding carboxylic acids is 1. The molecule has 3 atom stereocenters. The predicted octanol–water partition coefficient (Wildman–Crippen LogP) is 1.54. The Morgan fingerprint density at radius 3 is 2.88 bits per heavy atom. The molecule has 2 fully saturated rings. The van der Waals surface area contributed by atoms with Crippen LogP contribution in [-0.4, -0.2) is 55.9 Å². The molecule has 1 aromatic rings. The highest BCUT2D eigenvalue weighted by molar-refractivity contribution is 7.92. The van der Waals surface area contributed by atoms with Crippen molar-refractivity contribution in [2.75, 3.05) is 25.4 Å². The number of nitrogens with one attached hydrogen (secondary N) is 1. The normalized spacial score (nSPS) is 29.5. The van der Waals surface area contributed by atoms with Crippen molar-refractivity contribution >= 4 is 15.7 Å². The highest BCUT2D eigenvalue weighted by atomic mass is 32.2. The van der Waals surface area contributed by atoms with Crippen molar-refractivity contribution in [3.05, 3.63) is 24.2 Å². The van der Waals surface area contributed by atoms with Crippen LogP contribution in [0.1, 0.15) is 37.2 Å². The van der Waals surface area contributed by atoms with E-state index in [1.807, 2.05) is 0 Å². The van der Waals surface area contributed by atoms with Gasteiger partial charge in [-0.3, -0.25) is 4.79 Å². The highest BCUT2D eigenvalue weighted by Crippen LogP contribution is 2.33. The van der Waals surface area contributed by atoms with Gasteiger partial charge in [0.1, 0.15) is 0 Å². The molecule has 0 saturated carbocycles. The fourth-order valence-electron chi connectivity index (χ4n) is 3.75. The van der Waals surface area contributed by atoms with E-state index < -0.39 is 9.84 Å². The maximum atomic E-state index is 12.4. The van der Waals surface area contributed by atoms with Gasteiger partial charge in [0.05, 0.1) is 17.3 Å². The van der Waals surface area contributed by atoms with Crippen molar-refractivity contribution in [2.45, 2.75) is 38.0 Å². The molecule has 1 N–H and O–H groups in total. The van der Waals surface area contributed by atoms with Crippen molar-refractivity contribution in [1.82, 2.24) is 10.2 Å². The summed E-state index contributed by atoms with van der Waals surface area (Å²) >= 11 is 0. The third-order valence-corrected chi connectivity index (χ3v) is 7.39. The number of sulfone groups is 1. The average molecular weight is 354 g/mol. The van der Waals surface area contributed by atoms with E-state index in [4.69, 9.17) is 4.42 Å². The summed E-state index contributed by atoms with van der Waals surface area (Å²) in [5, 5.41) is 2.63. The van der Waals surface area contributed by atoms with Gasteiger partial charge < -0.3 is 14.6 Å². The van der Waals surface area contributed by atoms with Crippen LogP contribution in [0.25, 0.3) is 0 Å². The molecular formula is C17H26N2O4S. The third-order valence-electron chi connectivity index (χ3n) is 5.16. The first kappa shape index (κ1) is 17.5. The zero-order chi connectivity index (χ0) is 17.3. The van der Waals surface area contributed by atoms with E-state index >= 15 is 0 Å². The Bertz CT molecular complexity index is 669. The summed E-state index contributed by atoms with van der Waals surface area (Å²) in [6.45, 7) is 6.59. The number of nitrogens with zero attached hydrogens (tertiary/aromatic N) is 1. The minimum Gasteiger partial charge on any atom is -0.459 e. The van der Waals surface area contributed by atoms with Crippen LogP contribution in [0.4, 0.5) is 0 Å². The first-order chi connectivity index (χ1) is 11.4. The van der Waals surface area contributed by atoms with E-state index in [-0.39, 0.29) is 34.6 Å². The minimum atomic E-state index is -3.07. The monoisotopic (exact) mass is 354 g/mol. The first-order valence-electron chi connectivity index (χ1n) is 8.65. The molecule has 0 unspecified atom stereocenters. The van der Waals surface area contributed by atoms with Gasteiger partial charge in [-0.2, -0.15) is 0 Å². The number of amides is 1. The summed E-state index contributed by atoms with van der Waals surface area (Å²) in [6, 6.07) is 3.18. The number of hydrogen-bond donors (Lipinski definition) is 1. The first-order valence-corrected chi connectivity index (χ1v) is 10.4. The molecule has 3 rings (SSSR count).